The lowest BCUT2D eigenvalue weighted by Crippen LogP contribution is -2.29. The SMILES string of the molecule is O=C(NCc1ccc(Cl)cc1)c1cc(-c2ccncc2)n[nH]c1=O. The van der Waals surface area contributed by atoms with Crippen LogP contribution in [0.1, 0.15) is 15.9 Å². The molecule has 0 saturated heterocycles. The van der Waals surface area contributed by atoms with Crippen molar-refractivity contribution in [3.05, 3.63) is 81.4 Å². The molecule has 1 aromatic carbocycles. The van der Waals surface area contributed by atoms with Crippen molar-refractivity contribution in [1.82, 2.24) is 20.5 Å². The molecule has 120 valence electrons. The van der Waals surface area contributed by atoms with E-state index in [-0.39, 0.29) is 5.56 Å². The summed E-state index contributed by atoms with van der Waals surface area (Å²) in [5, 5.41) is 9.64. The Morgan fingerprint density at radius 3 is 2.54 bits per heavy atom. The van der Waals surface area contributed by atoms with E-state index in [4.69, 9.17) is 11.6 Å². The Kier molecular flexibility index (Phi) is 4.67. The van der Waals surface area contributed by atoms with Crippen molar-refractivity contribution in [2.45, 2.75) is 6.54 Å². The number of hydrogen-bond acceptors (Lipinski definition) is 4. The molecule has 3 rings (SSSR count). The number of carbonyl (C=O) groups is 1. The average Bonchev–Trinajstić information content (AvgIpc) is 2.62. The molecule has 2 heterocycles. The lowest BCUT2D eigenvalue weighted by molar-refractivity contribution is 0.0949. The van der Waals surface area contributed by atoms with Crippen LogP contribution in [0.3, 0.4) is 0 Å². The van der Waals surface area contributed by atoms with E-state index in [1.165, 1.54) is 6.07 Å². The molecule has 0 unspecified atom stereocenters. The minimum atomic E-state index is -0.540. The van der Waals surface area contributed by atoms with E-state index in [1.807, 2.05) is 12.1 Å². The number of H-pyrrole nitrogens is 1. The van der Waals surface area contributed by atoms with Crippen molar-refractivity contribution in [2.24, 2.45) is 0 Å². The van der Waals surface area contributed by atoms with Gasteiger partial charge in [-0.1, -0.05) is 23.7 Å². The summed E-state index contributed by atoms with van der Waals surface area (Å²) in [6.07, 6.45) is 3.23. The Morgan fingerprint density at radius 1 is 1.12 bits per heavy atom. The number of carbonyl (C=O) groups excluding carboxylic acids is 1. The molecule has 0 fully saturated rings. The number of nitrogens with zero attached hydrogens (tertiary/aromatic N) is 2. The van der Waals surface area contributed by atoms with Crippen LogP contribution in [0.25, 0.3) is 11.3 Å². The molecule has 0 saturated carbocycles. The monoisotopic (exact) mass is 340 g/mol. The number of halogens is 1. The highest BCUT2D eigenvalue weighted by Crippen LogP contribution is 2.14. The number of nitrogens with one attached hydrogen (secondary N) is 2. The molecule has 0 aliphatic carbocycles. The van der Waals surface area contributed by atoms with Gasteiger partial charge in [0.2, 0.25) is 0 Å². The van der Waals surface area contributed by atoms with Crippen LogP contribution in [0, 0.1) is 0 Å². The fourth-order valence-corrected chi connectivity index (χ4v) is 2.25. The zero-order valence-electron chi connectivity index (χ0n) is 12.5. The smallest absolute Gasteiger partial charge is 0.277 e. The number of pyridine rings is 1. The van der Waals surface area contributed by atoms with Gasteiger partial charge >= 0.3 is 0 Å². The van der Waals surface area contributed by atoms with E-state index >= 15 is 0 Å². The quantitative estimate of drug-likeness (QED) is 0.763. The summed E-state index contributed by atoms with van der Waals surface area (Å²) < 4.78 is 0. The summed E-state index contributed by atoms with van der Waals surface area (Å²) in [5.41, 5.74) is 1.60. The highest BCUT2D eigenvalue weighted by Gasteiger charge is 2.13. The summed E-state index contributed by atoms with van der Waals surface area (Å²) in [7, 11) is 0. The summed E-state index contributed by atoms with van der Waals surface area (Å²) in [6, 6.07) is 12.1. The van der Waals surface area contributed by atoms with E-state index < -0.39 is 11.5 Å². The molecule has 6 nitrogen and oxygen atoms in total. The van der Waals surface area contributed by atoms with Gasteiger partial charge < -0.3 is 5.32 Å². The Hall–Kier alpha value is -2.99. The lowest BCUT2D eigenvalue weighted by Gasteiger charge is -2.06. The van der Waals surface area contributed by atoms with E-state index in [1.54, 1.807) is 36.7 Å². The molecule has 1 amide bonds. The molecule has 24 heavy (non-hydrogen) atoms. The first kappa shape index (κ1) is 15.9. The number of rotatable bonds is 4. The molecule has 3 aromatic rings. The summed E-state index contributed by atoms with van der Waals surface area (Å²) in [6.45, 7) is 0.294. The van der Waals surface area contributed by atoms with Gasteiger partial charge in [0.15, 0.2) is 0 Å². The van der Waals surface area contributed by atoms with Crippen molar-refractivity contribution < 1.29 is 4.79 Å². The first-order valence-corrected chi connectivity index (χ1v) is 7.54. The van der Waals surface area contributed by atoms with Gasteiger partial charge in [0, 0.05) is 29.5 Å². The second-order valence-electron chi connectivity index (χ2n) is 5.04. The maximum absolute atomic E-state index is 12.3. The Bertz CT molecular complexity index is 908. The third-order valence-corrected chi connectivity index (χ3v) is 3.64. The van der Waals surface area contributed by atoms with Gasteiger partial charge in [0.25, 0.3) is 11.5 Å². The molecule has 0 radical (unpaired) electrons. The molecular weight excluding hydrogens is 328 g/mol. The van der Waals surface area contributed by atoms with Gasteiger partial charge in [0.05, 0.1) is 5.69 Å². The molecule has 7 heteroatoms. The molecular formula is C17H13ClN4O2. The van der Waals surface area contributed by atoms with Crippen LogP contribution in [0.5, 0.6) is 0 Å². The van der Waals surface area contributed by atoms with Gasteiger partial charge in [-0.15, -0.1) is 0 Å². The van der Waals surface area contributed by atoms with Gasteiger partial charge in [-0.25, -0.2) is 5.10 Å². The molecule has 0 aliphatic heterocycles. The maximum Gasteiger partial charge on any atom is 0.277 e. The molecule has 0 atom stereocenters. The fraction of sp³-hybridized carbons (Fsp3) is 0.0588. The number of aromatic amines is 1. The number of amides is 1. The zero-order valence-corrected chi connectivity index (χ0v) is 13.2. The number of aromatic nitrogens is 3. The van der Waals surface area contributed by atoms with Crippen LogP contribution in [-0.2, 0) is 6.54 Å². The molecule has 0 aliphatic rings. The van der Waals surface area contributed by atoms with Crippen molar-refractivity contribution >= 4 is 17.5 Å². The van der Waals surface area contributed by atoms with Crippen molar-refractivity contribution in [2.75, 3.05) is 0 Å². The van der Waals surface area contributed by atoms with E-state index in [0.29, 0.717) is 17.3 Å². The summed E-state index contributed by atoms with van der Waals surface area (Å²) in [5.74, 6) is -0.469. The van der Waals surface area contributed by atoms with Crippen LogP contribution in [-0.4, -0.2) is 21.1 Å². The van der Waals surface area contributed by atoms with E-state index in [9.17, 15) is 9.59 Å². The topological polar surface area (TPSA) is 87.7 Å². The van der Waals surface area contributed by atoms with Crippen LogP contribution >= 0.6 is 11.6 Å². The average molecular weight is 341 g/mol. The Balaban J connectivity index is 1.79. The highest BCUT2D eigenvalue weighted by molar-refractivity contribution is 6.30. The van der Waals surface area contributed by atoms with Gasteiger partial charge in [0.1, 0.15) is 5.56 Å². The first-order valence-electron chi connectivity index (χ1n) is 7.16. The van der Waals surface area contributed by atoms with Gasteiger partial charge in [-0.3, -0.25) is 14.6 Å². The van der Waals surface area contributed by atoms with Crippen LogP contribution in [0.2, 0.25) is 5.02 Å². The number of hydrogen-bond donors (Lipinski definition) is 2. The molecule has 0 bridgehead atoms. The van der Waals surface area contributed by atoms with E-state index in [0.717, 1.165) is 11.1 Å². The normalized spacial score (nSPS) is 10.4. The van der Waals surface area contributed by atoms with Gasteiger partial charge in [-0.2, -0.15) is 5.10 Å². The van der Waals surface area contributed by atoms with Crippen LogP contribution in [0.4, 0.5) is 0 Å². The van der Waals surface area contributed by atoms with Crippen molar-refractivity contribution in [1.29, 1.82) is 0 Å². The zero-order chi connectivity index (χ0) is 16.9. The molecule has 2 N–H and O–H groups in total. The van der Waals surface area contributed by atoms with Crippen LogP contribution < -0.4 is 10.9 Å². The maximum atomic E-state index is 12.3. The Morgan fingerprint density at radius 2 is 1.83 bits per heavy atom. The minimum absolute atomic E-state index is 0.00535. The lowest BCUT2D eigenvalue weighted by atomic mass is 10.1. The second kappa shape index (κ2) is 7.06. The summed E-state index contributed by atoms with van der Waals surface area (Å²) >= 11 is 5.82. The third kappa shape index (κ3) is 3.67. The molecule has 2 aromatic heterocycles. The fourth-order valence-electron chi connectivity index (χ4n) is 2.12. The third-order valence-electron chi connectivity index (χ3n) is 3.39. The Labute approximate surface area is 142 Å². The summed E-state index contributed by atoms with van der Waals surface area (Å²) in [4.78, 5) is 28.1. The van der Waals surface area contributed by atoms with E-state index in [2.05, 4.69) is 20.5 Å². The largest absolute Gasteiger partial charge is 0.348 e. The molecule has 0 spiro atoms. The van der Waals surface area contributed by atoms with Crippen molar-refractivity contribution in [3.63, 3.8) is 0 Å². The van der Waals surface area contributed by atoms with Crippen LogP contribution in [0.15, 0.2) is 59.7 Å². The van der Waals surface area contributed by atoms with Gasteiger partial charge in [-0.05, 0) is 35.9 Å². The second-order valence-corrected chi connectivity index (χ2v) is 5.48. The predicted octanol–water partition coefficient (Wildman–Crippen LogP) is 2.42. The predicted molar refractivity (Wildman–Crippen MR) is 90.7 cm³/mol. The minimum Gasteiger partial charge on any atom is -0.348 e. The van der Waals surface area contributed by atoms with Crippen molar-refractivity contribution in [3.8, 4) is 11.3 Å². The first-order chi connectivity index (χ1) is 11.6. The standard InChI is InChI=1S/C17H13ClN4O2/c18-13-3-1-11(2-4-13)10-20-16(23)14-9-15(21-22-17(14)24)12-5-7-19-8-6-12/h1-9H,10H2,(H,20,23)(H,22,24). The highest BCUT2D eigenvalue weighted by atomic mass is 35.5. The number of benzene rings is 1.